The van der Waals surface area contributed by atoms with Gasteiger partial charge in [0.2, 0.25) is 0 Å². The molecule has 0 bridgehead atoms. The maximum absolute atomic E-state index is 12.3. The molecular weight excluding hydrogens is 465 g/mol. The molecule has 3 aromatic rings. The van der Waals surface area contributed by atoms with E-state index in [2.05, 4.69) is 10.6 Å². The SMILES string of the molecule is N#C/C(=C\c1ccc(OCC(=O)Nc2ccc(Cl)c(Cl)c2)cc1)C(=O)Nc1ccc(O)cc1. The van der Waals surface area contributed by atoms with E-state index >= 15 is 0 Å². The first-order chi connectivity index (χ1) is 15.8. The number of phenols is 1. The minimum Gasteiger partial charge on any atom is -0.508 e. The lowest BCUT2D eigenvalue weighted by molar-refractivity contribution is -0.118. The van der Waals surface area contributed by atoms with Gasteiger partial charge in [-0.05, 0) is 66.2 Å². The van der Waals surface area contributed by atoms with Crippen LogP contribution in [0.15, 0.2) is 72.3 Å². The predicted molar refractivity (Wildman–Crippen MR) is 127 cm³/mol. The molecular formula is C24H17Cl2N3O4. The van der Waals surface area contributed by atoms with Crippen LogP contribution in [0.5, 0.6) is 11.5 Å². The van der Waals surface area contributed by atoms with Crippen molar-refractivity contribution in [2.45, 2.75) is 0 Å². The molecule has 33 heavy (non-hydrogen) atoms. The summed E-state index contributed by atoms with van der Waals surface area (Å²) in [5, 5.41) is 24.6. The molecule has 9 heteroatoms. The van der Waals surface area contributed by atoms with Crippen LogP contribution < -0.4 is 15.4 Å². The highest BCUT2D eigenvalue weighted by Crippen LogP contribution is 2.25. The molecule has 0 saturated carbocycles. The summed E-state index contributed by atoms with van der Waals surface area (Å²) in [4.78, 5) is 24.4. The molecule has 0 aliphatic rings. The number of halogens is 2. The molecule has 2 amide bonds. The fraction of sp³-hybridized carbons (Fsp3) is 0.0417. The molecule has 3 aromatic carbocycles. The second kappa shape index (κ2) is 11.0. The van der Waals surface area contributed by atoms with Crippen LogP contribution in [-0.4, -0.2) is 23.5 Å². The number of carbonyl (C=O) groups excluding carboxylic acids is 2. The van der Waals surface area contributed by atoms with Crippen molar-refractivity contribution in [3.05, 3.63) is 87.9 Å². The Labute approximate surface area is 199 Å². The molecule has 0 spiro atoms. The van der Waals surface area contributed by atoms with Crippen molar-refractivity contribution >= 4 is 52.5 Å². The number of aromatic hydroxyl groups is 1. The van der Waals surface area contributed by atoms with Gasteiger partial charge < -0.3 is 20.5 Å². The van der Waals surface area contributed by atoms with Gasteiger partial charge in [-0.25, -0.2) is 0 Å². The lowest BCUT2D eigenvalue weighted by Crippen LogP contribution is -2.20. The average molecular weight is 482 g/mol. The van der Waals surface area contributed by atoms with Crippen molar-refractivity contribution in [2.24, 2.45) is 0 Å². The van der Waals surface area contributed by atoms with Crippen molar-refractivity contribution < 1.29 is 19.4 Å². The summed E-state index contributed by atoms with van der Waals surface area (Å²) in [6.07, 6.45) is 1.43. The van der Waals surface area contributed by atoms with Crippen molar-refractivity contribution in [1.29, 1.82) is 5.26 Å². The molecule has 166 valence electrons. The molecule has 0 aromatic heterocycles. The van der Waals surface area contributed by atoms with Crippen LogP contribution >= 0.6 is 23.2 Å². The maximum atomic E-state index is 12.3. The third-order valence-corrected chi connectivity index (χ3v) is 4.99. The van der Waals surface area contributed by atoms with Crippen molar-refractivity contribution in [3.63, 3.8) is 0 Å². The zero-order valence-electron chi connectivity index (χ0n) is 17.0. The Kier molecular flexibility index (Phi) is 7.92. The van der Waals surface area contributed by atoms with Gasteiger partial charge in [-0.15, -0.1) is 0 Å². The van der Waals surface area contributed by atoms with Gasteiger partial charge in [-0.3, -0.25) is 9.59 Å². The minimum absolute atomic E-state index is 0.0678. The molecule has 7 nitrogen and oxygen atoms in total. The van der Waals surface area contributed by atoms with E-state index in [4.69, 9.17) is 27.9 Å². The smallest absolute Gasteiger partial charge is 0.266 e. The predicted octanol–water partition coefficient (Wildman–Crippen LogP) is 5.26. The van der Waals surface area contributed by atoms with E-state index in [0.717, 1.165) is 0 Å². The highest BCUT2D eigenvalue weighted by atomic mass is 35.5. The quantitative estimate of drug-likeness (QED) is 0.242. The van der Waals surface area contributed by atoms with E-state index in [9.17, 15) is 20.0 Å². The first-order valence-corrected chi connectivity index (χ1v) is 10.3. The zero-order chi connectivity index (χ0) is 23.8. The fourth-order valence-corrected chi connectivity index (χ4v) is 2.94. The summed E-state index contributed by atoms with van der Waals surface area (Å²) in [6.45, 7) is -0.228. The van der Waals surface area contributed by atoms with E-state index in [0.29, 0.717) is 32.7 Å². The molecule has 0 aliphatic carbocycles. The number of nitrogens with one attached hydrogen (secondary N) is 2. The van der Waals surface area contributed by atoms with Crippen molar-refractivity contribution in [2.75, 3.05) is 17.2 Å². The molecule has 0 heterocycles. The summed E-state index contributed by atoms with van der Waals surface area (Å²) in [6, 6.07) is 19.0. The molecule has 3 rings (SSSR count). The van der Waals surface area contributed by atoms with Gasteiger partial charge in [-0.2, -0.15) is 5.26 Å². The van der Waals surface area contributed by atoms with Gasteiger partial charge in [0.05, 0.1) is 10.0 Å². The first-order valence-electron chi connectivity index (χ1n) is 9.54. The third-order valence-electron chi connectivity index (χ3n) is 4.25. The van der Waals surface area contributed by atoms with Gasteiger partial charge in [0.15, 0.2) is 6.61 Å². The minimum atomic E-state index is -0.581. The Morgan fingerprint density at radius 3 is 2.24 bits per heavy atom. The lowest BCUT2D eigenvalue weighted by atomic mass is 10.1. The second-order valence-electron chi connectivity index (χ2n) is 6.71. The van der Waals surface area contributed by atoms with Crippen molar-refractivity contribution in [3.8, 4) is 17.6 Å². The monoisotopic (exact) mass is 481 g/mol. The number of benzene rings is 3. The van der Waals surface area contributed by atoms with E-state index < -0.39 is 5.91 Å². The normalized spacial score (nSPS) is 10.8. The van der Waals surface area contributed by atoms with E-state index in [1.54, 1.807) is 36.4 Å². The number of phenolic OH excluding ortho intramolecular Hbond substituents is 1. The van der Waals surface area contributed by atoms with Gasteiger partial charge in [-0.1, -0.05) is 35.3 Å². The topological polar surface area (TPSA) is 111 Å². The van der Waals surface area contributed by atoms with Crippen LogP contribution in [0.1, 0.15) is 5.56 Å². The Bertz CT molecular complexity index is 1230. The number of hydrogen-bond acceptors (Lipinski definition) is 5. The van der Waals surface area contributed by atoms with Crippen LogP contribution in [0.4, 0.5) is 11.4 Å². The average Bonchev–Trinajstić information content (AvgIpc) is 2.80. The second-order valence-corrected chi connectivity index (χ2v) is 7.52. The number of nitriles is 1. The van der Waals surface area contributed by atoms with E-state index in [1.807, 2.05) is 6.07 Å². The highest BCUT2D eigenvalue weighted by molar-refractivity contribution is 6.42. The first kappa shape index (κ1) is 23.7. The van der Waals surface area contributed by atoms with Crippen LogP contribution in [-0.2, 0) is 9.59 Å². The van der Waals surface area contributed by atoms with Gasteiger partial charge in [0.25, 0.3) is 11.8 Å². The van der Waals surface area contributed by atoms with Crippen LogP contribution in [0.3, 0.4) is 0 Å². The Hall–Kier alpha value is -3.99. The summed E-state index contributed by atoms with van der Waals surface area (Å²) >= 11 is 11.8. The molecule has 0 saturated heterocycles. The van der Waals surface area contributed by atoms with E-state index in [1.165, 1.54) is 36.4 Å². The molecule has 0 atom stereocenters. The summed E-state index contributed by atoms with van der Waals surface area (Å²) < 4.78 is 5.46. The largest absolute Gasteiger partial charge is 0.508 e. The summed E-state index contributed by atoms with van der Waals surface area (Å²) in [5.41, 5.74) is 1.44. The van der Waals surface area contributed by atoms with Crippen molar-refractivity contribution in [1.82, 2.24) is 0 Å². The number of ether oxygens (including phenoxy) is 1. The Balaban J connectivity index is 1.56. The summed E-state index contributed by atoms with van der Waals surface area (Å²) in [7, 11) is 0. The lowest BCUT2D eigenvalue weighted by Gasteiger charge is -2.08. The molecule has 0 unspecified atom stereocenters. The van der Waals surface area contributed by atoms with Gasteiger partial charge in [0, 0.05) is 11.4 Å². The van der Waals surface area contributed by atoms with Crippen LogP contribution in [0, 0.1) is 11.3 Å². The Morgan fingerprint density at radius 1 is 0.939 bits per heavy atom. The molecule has 0 fully saturated rings. The van der Waals surface area contributed by atoms with Crippen LogP contribution in [0.2, 0.25) is 10.0 Å². The summed E-state index contributed by atoms with van der Waals surface area (Å²) in [5.74, 6) is -0.459. The number of anilines is 2. The molecule has 0 aliphatic heterocycles. The number of carbonyl (C=O) groups is 2. The fourth-order valence-electron chi connectivity index (χ4n) is 2.64. The maximum Gasteiger partial charge on any atom is 0.266 e. The highest BCUT2D eigenvalue weighted by Gasteiger charge is 2.10. The number of hydrogen-bond donors (Lipinski definition) is 3. The van der Waals surface area contributed by atoms with Gasteiger partial charge >= 0.3 is 0 Å². The number of nitrogens with zero attached hydrogens (tertiary/aromatic N) is 1. The molecule has 3 N–H and O–H groups in total. The molecule has 0 radical (unpaired) electrons. The number of rotatable bonds is 7. The standard InChI is InChI=1S/C24H17Cl2N3O4/c25-21-10-5-18(12-22(21)26)28-23(31)14-33-20-8-1-15(2-9-20)11-16(13-27)24(32)29-17-3-6-19(30)7-4-17/h1-12,30H,14H2,(H,28,31)(H,29,32)/b16-11+. The zero-order valence-corrected chi connectivity index (χ0v) is 18.5. The third kappa shape index (κ3) is 7.01. The Morgan fingerprint density at radius 2 is 1.61 bits per heavy atom. The van der Waals surface area contributed by atoms with Gasteiger partial charge in [0.1, 0.15) is 23.1 Å². The van der Waals surface area contributed by atoms with E-state index in [-0.39, 0.29) is 23.8 Å². The number of amides is 2. The van der Waals surface area contributed by atoms with Crippen LogP contribution in [0.25, 0.3) is 6.08 Å².